The fourth-order valence-corrected chi connectivity index (χ4v) is 14.0. The van der Waals surface area contributed by atoms with Gasteiger partial charge in [0.05, 0.1) is 35.2 Å². The predicted octanol–water partition coefficient (Wildman–Crippen LogP) is 18.1. The zero-order valence-electron chi connectivity index (χ0n) is 40.9. The quantitative estimate of drug-likeness (QED) is 0.165. The van der Waals surface area contributed by atoms with Gasteiger partial charge in [-0.1, -0.05) is 218 Å². The Labute approximate surface area is 440 Å². The molecule has 11 aromatic carbocycles. The Morgan fingerprint density at radius 1 is 0.276 bits per heavy atom. The van der Waals surface area contributed by atoms with Crippen LogP contribution in [0.1, 0.15) is 44.5 Å². The average Bonchev–Trinajstić information content (AvgIpc) is 4.23. The lowest BCUT2D eigenvalue weighted by Gasteiger charge is -2.31. The second-order valence-electron chi connectivity index (χ2n) is 20.4. The van der Waals surface area contributed by atoms with Gasteiger partial charge in [0, 0.05) is 22.1 Å². The molecular weight excluding hydrogens is 921 g/mol. The Hall–Kier alpha value is -10.3. The van der Waals surface area contributed by atoms with Gasteiger partial charge in [-0.3, -0.25) is 0 Å². The van der Waals surface area contributed by atoms with Gasteiger partial charge >= 0.3 is 0 Å². The summed E-state index contributed by atoms with van der Waals surface area (Å²) >= 11 is 0. The number of benzene rings is 11. The molecule has 4 nitrogen and oxygen atoms in total. The van der Waals surface area contributed by atoms with Gasteiger partial charge in [0.25, 0.3) is 0 Å². The van der Waals surface area contributed by atoms with Crippen LogP contribution >= 0.6 is 0 Å². The SMILES string of the molecule is [C-]#[N+]c1ccccc1-c1nc(-c2ccccc2[N+]#[C-])c2cc(-c3ccc4c(c3)C3(c5ccccc5-c5ccccc53)c3ccccc3-4)cc(-c3ccc4c(c3)C3(c5ccccc5-c5ccccc53)c3ccccc3-4)c2n1. The smallest absolute Gasteiger partial charge is 0.198 e. The number of hydrogen-bond acceptors (Lipinski definition) is 2. The molecule has 76 heavy (non-hydrogen) atoms. The summed E-state index contributed by atoms with van der Waals surface area (Å²) in [6.07, 6.45) is 0. The molecule has 0 aliphatic heterocycles. The zero-order chi connectivity index (χ0) is 50.3. The van der Waals surface area contributed by atoms with Crippen LogP contribution < -0.4 is 0 Å². The average molecular weight is 961 g/mol. The summed E-state index contributed by atoms with van der Waals surface area (Å²) in [4.78, 5) is 19.0. The molecule has 348 valence electrons. The molecule has 0 radical (unpaired) electrons. The van der Waals surface area contributed by atoms with Crippen molar-refractivity contribution in [3.63, 3.8) is 0 Å². The molecule has 2 spiro atoms. The monoisotopic (exact) mass is 960 g/mol. The molecule has 16 rings (SSSR count). The first-order valence-electron chi connectivity index (χ1n) is 25.8. The Balaban J connectivity index is 1.02. The summed E-state index contributed by atoms with van der Waals surface area (Å²) in [7, 11) is 0. The fraction of sp³-hybridized carbons (Fsp3) is 0.0278. The van der Waals surface area contributed by atoms with E-state index in [2.05, 4.69) is 204 Å². The van der Waals surface area contributed by atoms with E-state index in [0.29, 0.717) is 34.0 Å². The summed E-state index contributed by atoms with van der Waals surface area (Å²) in [5.74, 6) is 0.433. The minimum atomic E-state index is -0.561. The van der Waals surface area contributed by atoms with Crippen molar-refractivity contribution in [2.45, 2.75) is 10.8 Å². The molecule has 4 heteroatoms. The molecular formula is C72H40N4. The van der Waals surface area contributed by atoms with Crippen LogP contribution in [0.15, 0.2) is 243 Å². The molecule has 0 amide bonds. The maximum Gasteiger partial charge on any atom is 0.198 e. The minimum absolute atomic E-state index is 0.433. The highest BCUT2D eigenvalue weighted by Gasteiger charge is 2.53. The highest BCUT2D eigenvalue weighted by Crippen LogP contribution is 2.65. The summed E-state index contributed by atoms with van der Waals surface area (Å²) in [6, 6.07) is 87.5. The van der Waals surface area contributed by atoms with Gasteiger partial charge in [0.15, 0.2) is 11.4 Å². The van der Waals surface area contributed by atoms with Gasteiger partial charge in [-0.25, -0.2) is 19.7 Å². The van der Waals surface area contributed by atoms with Crippen LogP contribution in [0, 0.1) is 13.1 Å². The summed E-state index contributed by atoms with van der Waals surface area (Å²) < 4.78 is 0. The van der Waals surface area contributed by atoms with Gasteiger partial charge in [0.1, 0.15) is 5.82 Å². The van der Waals surface area contributed by atoms with Gasteiger partial charge in [-0.05, 0) is 130 Å². The van der Waals surface area contributed by atoms with Crippen molar-refractivity contribution < 1.29 is 0 Å². The van der Waals surface area contributed by atoms with Crippen molar-refractivity contribution in [1.82, 2.24) is 9.97 Å². The van der Waals surface area contributed by atoms with Crippen LogP contribution in [-0.2, 0) is 10.8 Å². The zero-order valence-corrected chi connectivity index (χ0v) is 40.9. The molecule has 0 bridgehead atoms. The third-order valence-electron chi connectivity index (χ3n) is 17.0. The number of nitrogens with zero attached hydrogens (tertiary/aromatic N) is 4. The third kappa shape index (κ3) is 5.39. The molecule has 4 aliphatic carbocycles. The predicted molar refractivity (Wildman–Crippen MR) is 306 cm³/mol. The van der Waals surface area contributed by atoms with Crippen LogP contribution in [0.3, 0.4) is 0 Å². The van der Waals surface area contributed by atoms with E-state index in [1.165, 1.54) is 89.0 Å². The van der Waals surface area contributed by atoms with E-state index in [0.717, 1.165) is 33.2 Å². The Morgan fingerprint density at radius 3 is 1.08 bits per heavy atom. The molecule has 12 aromatic rings. The first-order valence-corrected chi connectivity index (χ1v) is 25.8. The highest BCUT2D eigenvalue weighted by atomic mass is 14.9. The van der Waals surface area contributed by atoms with Crippen LogP contribution in [0.5, 0.6) is 0 Å². The van der Waals surface area contributed by atoms with Gasteiger partial charge in [-0.15, -0.1) is 0 Å². The molecule has 0 N–H and O–H groups in total. The van der Waals surface area contributed by atoms with Crippen LogP contribution in [0.4, 0.5) is 11.4 Å². The molecule has 0 unspecified atom stereocenters. The maximum absolute atomic E-state index is 8.44. The summed E-state index contributed by atoms with van der Waals surface area (Å²) in [5, 5.41) is 0.817. The molecule has 1 aromatic heterocycles. The van der Waals surface area contributed by atoms with Crippen molar-refractivity contribution in [1.29, 1.82) is 0 Å². The minimum Gasteiger partial charge on any atom is -0.237 e. The lowest BCUT2D eigenvalue weighted by molar-refractivity contribution is 0.794. The van der Waals surface area contributed by atoms with Crippen molar-refractivity contribution >= 4 is 22.3 Å². The van der Waals surface area contributed by atoms with E-state index in [1.807, 2.05) is 48.5 Å². The normalized spacial score (nSPS) is 13.7. The van der Waals surface area contributed by atoms with Gasteiger partial charge in [-0.2, -0.15) is 0 Å². The van der Waals surface area contributed by atoms with E-state index >= 15 is 0 Å². The maximum atomic E-state index is 8.44. The van der Waals surface area contributed by atoms with E-state index in [-0.39, 0.29) is 0 Å². The van der Waals surface area contributed by atoms with Gasteiger partial charge in [0.2, 0.25) is 0 Å². The van der Waals surface area contributed by atoms with Gasteiger partial charge < -0.3 is 0 Å². The van der Waals surface area contributed by atoms with E-state index in [9.17, 15) is 0 Å². The third-order valence-corrected chi connectivity index (χ3v) is 17.0. The topological polar surface area (TPSA) is 34.5 Å². The Morgan fingerprint density at radius 2 is 0.632 bits per heavy atom. The van der Waals surface area contributed by atoms with Crippen molar-refractivity contribution in [3.05, 3.63) is 310 Å². The molecule has 4 aliphatic rings. The summed E-state index contributed by atoms with van der Waals surface area (Å²) in [6.45, 7) is 16.7. The van der Waals surface area contributed by atoms with Crippen molar-refractivity contribution in [3.8, 4) is 89.4 Å². The molecule has 0 saturated carbocycles. The number of fused-ring (bicyclic) bond motifs is 21. The fourth-order valence-electron chi connectivity index (χ4n) is 14.0. The highest BCUT2D eigenvalue weighted by molar-refractivity contribution is 6.07. The lowest BCUT2D eigenvalue weighted by atomic mass is 9.70. The first-order chi connectivity index (χ1) is 37.6. The second kappa shape index (κ2) is 15.6. The molecule has 0 atom stereocenters. The number of rotatable bonds is 4. The van der Waals surface area contributed by atoms with E-state index in [1.54, 1.807) is 0 Å². The summed E-state index contributed by atoms with van der Waals surface area (Å²) in [5.41, 5.74) is 26.7. The van der Waals surface area contributed by atoms with Crippen LogP contribution in [-0.4, -0.2) is 9.97 Å². The van der Waals surface area contributed by atoms with E-state index in [4.69, 9.17) is 23.1 Å². The molecule has 0 saturated heterocycles. The second-order valence-corrected chi connectivity index (χ2v) is 20.4. The van der Waals surface area contributed by atoms with Crippen molar-refractivity contribution in [2.24, 2.45) is 0 Å². The largest absolute Gasteiger partial charge is 0.237 e. The standard InChI is InChI=1S/C72H40N4/c1-73-66-33-17-9-25-54(66)68-57-40-45(43-35-37-52-50-23-7-15-31-62(50)71(64(52)41-43)58-27-11-3-19-46(58)47-20-4-12-28-59(47)71)39-56(69(57)76-70(75-68)55-26-10-18-34-67(55)74-2)44-36-38-53-51-24-8-16-32-63(51)72(65(53)42-44)60-29-13-5-21-48(60)49-22-6-14-30-61(49)72/h3-42H. The number of para-hydroxylation sites is 2. The van der Waals surface area contributed by atoms with Crippen LogP contribution in [0.25, 0.3) is 110 Å². The molecule has 0 fully saturated rings. The van der Waals surface area contributed by atoms with Crippen LogP contribution in [0.2, 0.25) is 0 Å². The Bertz CT molecular complexity index is 4510. The van der Waals surface area contributed by atoms with Crippen molar-refractivity contribution in [2.75, 3.05) is 0 Å². The lowest BCUT2D eigenvalue weighted by Crippen LogP contribution is -2.25. The number of hydrogen-bond donors (Lipinski definition) is 0. The van der Waals surface area contributed by atoms with E-state index < -0.39 is 10.8 Å². The molecule has 1 heterocycles. The Kier molecular flexibility index (Phi) is 8.69. The number of aromatic nitrogens is 2. The first kappa shape index (κ1) is 42.3.